The van der Waals surface area contributed by atoms with Crippen LogP contribution in [0.25, 0.3) is 11.4 Å². The number of halogens is 3. The predicted octanol–water partition coefficient (Wildman–Crippen LogP) is 2.43. The van der Waals surface area contributed by atoms with Crippen molar-refractivity contribution < 1.29 is 8.91 Å². The van der Waals surface area contributed by atoms with Crippen LogP contribution in [-0.2, 0) is 6.54 Å². The first kappa shape index (κ1) is 18.8. The van der Waals surface area contributed by atoms with Crippen molar-refractivity contribution in [2.24, 2.45) is 0 Å². The van der Waals surface area contributed by atoms with Crippen molar-refractivity contribution in [3.05, 3.63) is 35.5 Å². The largest absolute Gasteiger partial charge is 0.338 e. The second-order valence-electron chi connectivity index (χ2n) is 5.00. The van der Waals surface area contributed by atoms with Crippen LogP contribution in [0.5, 0.6) is 0 Å². The van der Waals surface area contributed by atoms with Crippen molar-refractivity contribution in [2.45, 2.75) is 13.5 Å². The first-order valence-electron chi connectivity index (χ1n) is 6.74. The van der Waals surface area contributed by atoms with Gasteiger partial charge in [-0.3, -0.25) is 4.90 Å². The van der Waals surface area contributed by atoms with Gasteiger partial charge in [-0.2, -0.15) is 4.98 Å². The fraction of sp³-hybridized carbons (Fsp3) is 0.429. The minimum absolute atomic E-state index is 0. The summed E-state index contributed by atoms with van der Waals surface area (Å²) in [5.41, 5.74) is 1.36. The lowest BCUT2D eigenvalue weighted by Crippen LogP contribution is -2.42. The van der Waals surface area contributed by atoms with Crippen LogP contribution in [0.15, 0.2) is 22.7 Å². The van der Waals surface area contributed by atoms with E-state index < -0.39 is 0 Å². The summed E-state index contributed by atoms with van der Waals surface area (Å²) < 4.78 is 18.5. The van der Waals surface area contributed by atoms with E-state index in [-0.39, 0.29) is 30.6 Å². The number of aryl methyl sites for hydroxylation is 1. The van der Waals surface area contributed by atoms with Crippen LogP contribution in [0.1, 0.15) is 11.5 Å². The van der Waals surface area contributed by atoms with E-state index in [9.17, 15) is 4.39 Å². The molecule has 0 bridgehead atoms. The molecule has 1 saturated heterocycles. The van der Waals surface area contributed by atoms with Gasteiger partial charge in [-0.15, -0.1) is 24.8 Å². The van der Waals surface area contributed by atoms with Crippen LogP contribution in [0.3, 0.4) is 0 Å². The Morgan fingerprint density at radius 2 is 2.00 bits per heavy atom. The van der Waals surface area contributed by atoms with Gasteiger partial charge in [0.2, 0.25) is 11.7 Å². The minimum Gasteiger partial charge on any atom is -0.338 e. The van der Waals surface area contributed by atoms with Gasteiger partial charge >= 0.3 is 0 Å². The highest BCUT2D eigenvalue weighted by Crippen LogP contribution is 2.19. The van der Waals surface area contributed by atoms with Crippen molar-refractivity contribution in [2.75, 3.05) is 26.2 Å². The van der Waals surface area contributed by atoms with Gasteiger partial charge in [0.05, 0.1) is 6.54 Å². The zero-order valence-corrected chi connectivity index (χ0v) is 13.8. The van der Waals surface area contributed by atoms with Gasteiger partial charge in [-0.25, -0.2) is 4.39 Å². The van der Waals surface area contributed by atoms with Gasteiger partial charge in [0.1, 0.15) is 5.82 Å². The summed E-state index contributed by atoms with van der Waals surface area (Å²) in [5.74, 6) is 0.889. The molecule has 1 fully saturated rings. The molecule has 0 amide bonds. The molecule has 1 aliphatic rings. The second-order valence-corrected chi connectivity index (χ2v) is 5.00. The Bertz CT molecular complexity index is 602. The quantitative estimate of drug-likeness (QED) is 0.923. The molecular weight excluding hydrogens is 330 g/mol. The maximum atomic E-state index is 13.3. The first-order chi connectivity index (χ1) is 9.72. The third kappa shape index (κ3) is 4.39. The van der Waals surface area contributed by atoms with Gasteiger partial charge in [0, 0.05) is 31.7 Å². The summed E-state index contributed by atoms with van der Waals surface area (Å²) in [6.07, 6.45) is 0. The number of nitrogens with zero attached hydrogens (tertiary/aromatic N) is 3. The van der Waals surface area contributed by atoms with E-state index in [1.807, 2.05) is 0 Å². The molecule has 8 heteroatoms. The molecule has 1 aromatic heterocycles. The lowest BCUT2D eigenvalue weighted by molar-refractivity contribution is 0.203. The monoisotopic (exact) mass is 348 g/mol. The molecule has 5 nitrogen and oxygen atoms in total. The van der Waals surface area contributed by atoms with Crippen molar-refractivity contribution >= 4 is 24.8 Å². The molecule has 0 aliphatic carbocycles. The van der Waals surface area contributed by atoms with Crippen molar-refractivity contribution in [3.8, 4) is 11.4 Å². The van der Waals surface area contributed by atoms with Crippen molar-refractivity contribution in [1.82, 2.24) is 20.4 Å². The maximum Gasteiger partial charge on any atom is 0.241 e. The standard InChI is InChI=1S/C14H17FN4O.2ClH/c1-10-8-11(2-3-12(10)15)14-17-13(20-18-14)9-19-6-4-16-5-7-19;;/h2-3,8,16H,4-7,9H2,1H3;2*1H. The van der Waals surface area contributed by atoms with E-state index >= 15 is 0 Å². The summed E-state index contributed by atoms with van der Waals surface area (Å²) in [5, 5.41) is 7.27. The summed E-state index contributed by atoms with van der Waals surface area (Å²) in [6, 6.07) is 4.83. The molecule has 2 aromatic rings. The maximum absolute atomic E-state index is 13.3. The molecule has 0 atom stereocenters. The smallest absolute Gasteiger partial charge is 0.241 e. The fourth-order valence-corrected chi connectivity index (χ4v) is 2.28. The van der Waals surface area contributed by atoms with E-state index in [2.05, 4.69) is 20.4 Å². The number of nitrogens with one attached hydrogen (secondary N) is 1. The zero-order valence-electron chi connectivity index (χ0n) is 12.2. The minimum atomic E-state index is -0.224. The zero-order chi connectivity index (χ0) is 13.9. The van der Waals surface area contributed by atoms with Crippen LogP contribution in [0, 0.1) is 12.7 Å². The molecular formula is C14H19Cl2FN4O. The second kappa shape index (κ2) is 8.43. The number of rotatable bonds is 3. The molecule has 1 aromatic carbocycles. The Balaban J connectivity index is 0.00000121. The van der Waals surface area contributed by atoms with Crippen LogP contribution in [0.4, 0.5) is 4.39 Å². The third-order valence-electron chi connectivity index (χ3n) is 3.45. The fourth-order valence-electron chi connectivity index (χ4n) is 2.28. The summed E-state index contributed by atoms with van der Waals surface area (Å²) in [4.78, 5) is 6.65. The average Bonchev–Trinajstić information content (AvgIpc) is 2.91. The van der Waals surface area contributed by atoms with Crippen LogP contribution < -0.4 is 5.32 Å². The highest BCUT2D eigenvalue weighted by molar-refractivity contribution is 5.85. The normalized spacial score (nSPS) is 15.0. The molecule has 22 heavy (non-hydrogen) atoms. The highest BCUT2D eigenvalue weighted by Gasteiger charge is 2.15. The Kier molecular flexibility index (Phi) is 7.22. The van der Waals surface area contributed by atoms with Gasteiger partial charge in [0.15, 0.2) is 0 Å². The lowest BCUT2D eigenvalue weighted by Gasteiger charge is -2.25. The number of benzene rings is 1. The summed E-state index contributed by atoms with van der Waals surface area (Å²) in [6.45, 7) is 6.31. The van der Waals surface area contributed by atoms with Gasteiger partial charge in [0.25, 0.3) is 0 Å². The molecule has 1 aliphatic heterocycles. The van der Waals surface area contributed by atoms with Crippen LogP contribution >= 0.6 is 24.8 Å². The predicted molar refractivity (Wildman–Crippen MR) is 87.1 cm³/mol. The molecule has 0 unspecified atom stereocenters. The van der Waals surface area contributed by atoms with Crippen LogP contribution in [0.2, 0.25) is 0 Å². The summed E-state index contributed by atoms with van der Waals surface area (Å²) in [7, 11) is 0. The van der Waals surface area contributed by atoms with Crippen molar-refractivity contribution in [1.29, 1.82) is 0 Å². The van der Waals surface area contributed by atoms with Gasteiger partial charge in [-0.05, 0) is 30.7 Å². The first-order valence-corrected chi connectivity index (χ1v) is 6.74. The Morgan fingerprint density at radius 3 is 2.68 bits per heavy atom. The molecule has 122 valence electrons. The highest BCUT2D eigenvalue weighted by atomic mass is 35.5. The Morgan fingerprint density at radius 1 is 1.27 bits per heavy atom. The molecule has 0 spiro atoms. The topological polar surface area (TPSA) is 54.2 Å². The van der Waals surface area contributed by atoms with E-state index in [0.717, 1.165) is 31.7 Å². The number of hydrogen-bond acceptors (Lipinski definition) is 5. The van der Waals surface area contributed by atoms with Crippen LogP contribution in [-0.4, -0.2) is 41.2 Å². The molecule has 3 rings (SSSR count). The van der Waals surface area contributed by atoms with E-state index in [0.29, 0.717) is 23.8 Å². The number of aromatic nitrogens is 2. The van der Waals surface area contributed by atoms with Gasteiger partial charge in [-0.1, -0.05) is 5.16 Å². The number of piperazine rings is 1. The number of hydrogen-bond donors (Lipinski definition) is 1. The third-order valence-corrected chi connectivity index (χ3v) is 3.45. The molecule has 0 saturated carbocycles. The SMILES string of the molecule is Cc1cc(-c2noc(CN3CCNCC3)n2)ccc1F.Cl.Cl. The summed E-state index contributed by atoms with van der Waals surface area (Å²) >= 11 is 0. The van der Waals surface area contributed by atoms with E-state index in [1.165, 1.54) is 6.07 Å². The van der Waals surface area contributed by atoms with Gasteiger partial charge < -0.3 is 9.84 Å². The average molecular weight is 349 g/mol. The Labute approximate surface area is 141 Å². The van der Waals surface area contributed by atoms with Crippen molar-refractivity contribution in [3.63, 3.8) is 0 Å². The molecule has 1 N–H and O–H groups in total. The molecule has 2 heterocycles. The van der Waals surface area contributed by atoms with E-state index in [1.54, 1.807) is 19.1 Å². The van der Waals surface area contributed by atoms with E-state index in [4.69, 9.17) is 4.52 Å². The lowest BCUT2D eigenvalue weighted by atomic mass is 10.1. The Hall–Kier alpha value is -1.21. The molecule has 0 radical (unpaired) electrons.